The Balaban J connectivity index is 1.77. The fraction of sp³-hybridized carbons (Fsp3) is 0.333. The van der Waals surface area contributed by atoms with E-state index in [4.69, 9.17) is 9.47 Å². The molecule has 0 heterocycles. The predicted octanol–water partition coefficient (Wildman–Crippen LogP) is 5.57. The van der Waals surface area contributed by atoms with Crippen molar-refractivity contribution in [2.45, 2.75) is 39.5 Å². The maximum Gasteiger partial charge on any atom is 0.161 e. The molecule has 0 aliphatic heterocycles. The number of phenols is 2. The lowest BCUT2D eigenvalue weighted by atomic mass is 10.0. The molecule has 0 spiro atoms. The number of rotatable bonds is 11. The fourth-order valence-electron chi connectivity index (χ4n) is 2.81. The zero-order valence-corrected chi connectivity index (χ0v) is 16.7. The van der Waals surface area contributed by atoms with Crippen molar-refractivity contribution >= 4 is 0 Å². The van der Waals surface area contributed by atoms with Crippen LogP contribution in [0.2, 0.25) is 0 Å². The molecule has 0 saturated heterocycles. The molecule has 4 heteroatoms. The second-order valence-corrected chi connectivity index (χ2v) is 6.57. The Morgan fingerprint density at radius 2 is 1.14 bits per heavy atom. The van der Waals surface area contributed by atoms with E-state index in [1.54, 1.807) is 12.1 Å². The number of hydrogen-bond donors (Lipinski definition) is 2. The number of hydrogen-bond acceptors (Lipinski definition) is 4. The van der Waals surface area contributed by atoms with Crippen LogP contribution in [0.5, 0.6) is 23.0 Å². The molecule has 150 valence electrons. The van der Waals surface area contributed by atoms with Crippen LogP contribution in [0.4, 0.5) is 0 Å². The van der Waals surface area contributed by atoms with Crippen molar-refractivity contribution in [2.24, 2.45) is 0 Å². The molecule has 0 unspecified atom stereocenters. The van der Waals surface area contributed by atoms with Crippen molar-refractivity contribution in [3.63, 3.8) is 0 Å². The number of allylic oxidation sites excluding steroid dienone is 2. The second-order valence-electron chi connectivity index (χ2n) is 6.57. The first-order valence-corrected chi connectivity index (χ1v) is 9.75. The van der Waals surface area contributed by atoms with E-state index in [1.807, 2.05) is 62.4 Å². The monoisotopic (exact) mass is 382 g/mol. The molecule has 0 atom stereocenters. The van der Waals surface area contributed by atoms with Gasteiger partial charge in [-0.05, 0) is 74.9 Å². The van der Waals surface area contributed by atoms with Crippen molar-refractivity contribution in [1.29, 1.82) is 0 Å². The van der Waals surface area contributed by atoms with E-state index >= 15 is 0 Å². The third-order valence-corrected chi connectivity index (χ3v) is 4.37. The van der Waals surface area contributed by atoms with Crippen molar-refractivity contribution < 1.29 is 19.7 Å². The molecule has 0 saturated carbocycles. The summed E-state index contributed by atoms with van der Waals surface area (Å²) in [5, 5.41) is 20.1. The standard InChI is InChI=1S/C24H30O4/c1-3-5-15-27-23-13-11-19(17-21(23)25)9-7-8-10-20-12-14-24(22(26)18-20)28-16-6-4-2/h3-6,11-14,17-18,25-26H,7-10,15-16H2,1-2H3. The van der Waals surface area contributed by atoms with E-state index in [-0.39, 0.29) is 11.5 Å². The van der Waals surface area contributed by atoms with Gasteiger partial charge in [-0.3, -0.25) is 0 Å². The summed E-state index contributed by atoms with van der Waals surface area (Å²) in [6, 6.07) is 11.2. The topological polar surface area (TPSA) is 58.9 Å². The molecular formula is C24H30O4. The largest absolute Gasteiger partial charge is 0.504 e. The van der Waals surface area contributed by atoms with E-state index in [9.17, 15) is 10.2 Å². The molecule has 0 aliphatic carbocycles. The van der Waals surface area contributed by atoms with Crippen LogP contribution in [0.3, 0.4) is 0 Å². The van der Waals surface area contributed by atoms with Crippen LogP contribution in [0.1, 0.15) is 37.8 Å². The molecule has 0 radical (unpaired) electrons. The van der Waals surface area contributed by atoms with E-state index in [0.717, 1.165) is 36.8 Å². The Hall–Kier alpha value is -2.88. The molecule has 2 aromatic carbocycles. The maximum absolute atomic E-state index is 10.1. The molecule has 4 nitrogen and oxygen atoms in total. The van der Waals surface area contributed by atoms with Gasteiger partial charge in [-0.15, -0.1) is 0 Å². The second kappa shape index (κ2) is 11.8. The van der Waals surface area contributed by atoms with E-state index in [0.29, 0.717) is 24.7 Å². The van der Waals surface area contributed by atoms with Gasteiger partial charge < -0.3 is 19.7 Å². The number of ether oxygens (including phenoxy) is 2. The number of aromatic hydroxyl groups is 2. The summed E-state index contributed by atoms with van der Waals surface area (Å²) in [6.07, 6.45) is 11.4. The zero-order chi connectivity index (χ0) is 20.2. The molecule has 0 bridgehead atoms. The third kappa shape index (κ3) is 7.03. The summed E-state index contributed by atoms with van der Waals surface area (Å²) in [7, 11) is 0. The van der Waals surface area contributed by atoms with E-state index in [1.165, 1.54) is 0 Å². The van der Waals surface area contributed by atoms with Crippen LogP contribution in [0.25, 0.3) is 0 Å². The highest BCUT2D eigenvalue weighted by Gasteiger charge is 2.05. The molecule has 28 heavy (non-hydrogen) atoms. The third-order valence-electron chi connectivity index (χ3n) is 4.37. The van der Waals surface area contributed by atoms with Gasteiger partial charge in [0.05, 0.1) is 0 Å². The van der Waals surface area contributed by atoms with Crippen molar-refractivity contribution in [2.75, 3.05) is 13.2 Å². The van der Waals surface area contributed by atoms with Crippen molar-refractivity contribution in [1.82, 2.24) is 0 Å². The van der Waals surface area contributed by atoms with Gasteiger partial charge in [0.15, 0.2) is 23.0 Å². The van der Waals surface area contributed by atoms with E-state index in [2.05, 4.69) is 0 Å². The zero-order valence-electron chi connectivity index (χ0n) is 16.7. The predicted molar refractivity (Wildman–Crippen MR) is 113 cm³/mol. The molecule has 0 amide bonds. The van der Waals surface area contributed by atoms with Crippen LogP contribution >= 0.6 is 0 Å². The summed E-state index contributed by atoms with van der Waals surface area (Å²) in [6.45, 7) is 4.77. The Labute approximate surface area is 167 Å². The first-order chi connectivity index (χ1) is 13.6. The normalized spacial score (nSPS) is 11.4. The lowest BCUT2D eigenvalue weighted by Gasteiger charge is -2.09. The van der Waals surface area contributed by atoms with Crippen LogP contribution in [0.15, 0.2) is 60.7 Å². The first-order valence-electron chi connectivity index (χ1n) is 9.75. The number of phenolic OH excluding ortho intramolecular Hbond substituents is 2. The maximum atomic E-state index is 10.1. The molecule has 2 aromatic rings. The molecule has 2 rings (SSSR count). The average Bonchev–Trinajstić information content (AvgIpc) is 2.69. The van der Waals surface area contributed by atoms with Gasteiger partial charge in [0.2, 0.25) is 0 Å². The van der Waals surface area contributed by atoms with Crippen molar-refractivity contribution in [3.8, 4) is 23.0 Å². The van der Waals surface area contributed by atoms with E-state index < -0.39 is 0 Å². The number of unbranched alkanes of at least 4 members (excludes halogenated alkanes) is 1. The minimum absolute atomic E-state index is 0.181. The van der Waals surface area contributed by atoms with Gasteiger partial charge in [0.25, 0.3) is 0 Å². The Morgan fingerprint density at radius 3 is 1.50 bits per heavy atom. The van der Waals surface area contributed by atoms with Crippen LogP contribution in [-0.4, -0.2) is 23.4 Å². The van der Waals surface area contributed by atoms with Crippen LogP contribution < -0.4 is 9.47 Å². The highest BCUT2D eigenvalue weighted by Crippen LogP contribution is 2.29. The molecular weight excluding hydrogens is 352 g/mol. The van der Waals surface area contributed by atoms with Gasteiger partial charge in [-0.1, -0.05) is 36.4 Å². The molecule has 2 N–H and O–H groups in total. The quantitative estimate of drug-likeness (QED) is 0.394. The summed E-state index contributed by atoms with van der Waals surface area (Å²) < 4.78 is 11.0. The van der Waals surface area contributed by atoms with Gasteiger partial charge in [0, 0.05) is 0 Å². The summed E-state index contributed by atoms with van der Waals surface area (Å²) in [5.41, 5.74) is 2.18. The Kier molecular flexibility index (Phi) is 8.99. The summed E-state index contributed by atoms with van der Waals surface area (Å²) in [4.78, 5) is 0. The van der Waals surface area contributed by atoms with Crippen LogP contribution in [-0.2, 0) is 12.8 Å². The number of aryl methyl sites for hydroxylation is 2. The minimum Gasteiger partial charge on any atom is -0.504 e. The van der Waals surface area contributed by atoms with Gasteiger partial charge >= 0.3 is 0 Å². The average molecular weight is 383 g/mol. The fourth-order valence-corrected chi connectivity index (χ4v) is 2.81. The minimum atomic E-state index is 0.181. The summed E-state index contributed by atoms with van der Waals surface area (Å²) in [5.74, 6) is 1.38. The number of benzene rings is 2. The van der Waals surface area contributed by atoms with Gasteiger partial charge in [-0.25, -0.2) is 0 Å². The van der Waals surface area contributed by atoms with Gasteiger partial charge in [-0.2, -0.15) is 0 Å². The highest BCUT2D eigenvalue weighted by atomic mass is 16.5. The van der Waals surface area contributed by atoms with Crippen molar-refractivity contribution in [3.05, 3.63) is 71.8 Å². The SMILES string of the molecule is CC=CCOc1ccc(CCCCc2ccc(OCC=CC)c(O)c2)cc1O. The first kappa shape index (κ1) is 21.4. The van der Waals surface area contributed by atoms with Gasteiger partial charge in [0.1, 0.15) is 13.2 Å². The molecule has 0 aliphatic rings. The molecule has 0 aromatic heterocycles. The highest BCUT2D eigenvalue weighted by molar-refractivity contribution is 5.42. The lowest BCUT2D eigenvalue weighted by molar-refractivity contribution is 0.335. The molecule has 0 fully saturated rings. The smallest absolute Gasteiger partial charge is 0.161 e. The lowest BCUT2D eigenvalue weighted by Crippen LogP contribution is -1.95. The summed E-state index contributed by atoms with van der Waals surface area (Å²) >= 11 is 0. The Morgan fingerprint density at radius 1 is 0.714 bits per heavy atom. The Bertz CT molecular complexity index is 726. The van der Waals surface area contributed by atoms with Crippen LogP contribution in [0, 0.1) is 0 Å².